The molecular formula is C48H52ClFO7. The fourth-order valence-electron chi connectivity index (χ4n) is 7.31. The lowest BCUT2D eigenvalue weighted by Gasteiger charge is -2.42. The summed E-state index contributed by atoms with van der Waals surface area (Å²) in [6.07, 6.45) is 0.245. The Balaban J connectivity index is 1.19. The van der Waals surface area contributed by atoms with Crippen LogP contribution < -0.4 is 9.47 Å². The lowest BCUT2D eigenvalue weighted by Crippen LogP contribution is -2.50. The van der Waals surface area contributed by atoms with Gasteiger partial charge in [-0.05, 0) is 78.3 Å². The van der Waals surface area contributed by atoms with Crippen molar-refractivity contribution in [1.82, 2.24) is 0 Å². The minimum absolute atomic E-state index is 0.131. The van der Waals surface area contributed by atoms with Crippen LogP contribution in [-0.4, -0.2) is 57.0 Å². The van der Waals surface area contributed by atoms with Crippen molar-refractivity contribution < 1.29 is 37.5 Å². The molecule has 4 atom stereocenters. The van der Waals surface area contributed by atoms with E-state index in [0.29, 0.717) is 69.5 Å². The molecule has 300 valence electrons. The van der Waals surface area contributed by atoms with E-state index in [1.807, 2.05) is 91.9 Å². The van der Waals surface area contributed by atoms with Gasteiger partial charge in [-0.25, -0.2) is 4.39 Å². The lowest BCUT2D eigenvalue weighted by atomic mass is 9.91. The molecule has 0 bridgehead atoms. The molecule has 3 unspecified atom stereocenters. The van der Waals surface area contributed by atoms with Gasteiger partial charge < -0.3 is 33.2 Å². The smallest absolute Gasteiger partial charge is 0.157 e. The van der Waals surface area contributed by atoms with E-state index >= 15 is 0 Å². The maximum atomic E-state index is 14.8. The van der Waals surface area contributed by atoms with Gasteiger partial charge in [0.25, 0.3) is 0 Å². The third kappa shape index (κ3) is 11.7. The molecule has 2 heterocycles. The summed E-state index contributed by atoms with van der Waals surface area (Å²) in [4.78, 5) is 0. The van der Waals surface area contributed by atoms with Gasteiger partial charge in [0.1, 0.15) is 23.7 Å². The summed E-state index contributed by atoms with van der Waals surface area (Å²) >= 11 is 7.03. The zero-order chi connectivity index (χ0) is 39.3. The number of benzene rings is 5. The Kier molecular flexibility index (Phi) is 14.7. The number of hydrogen-bond donors (Lipinski definition) is 0. The summed E-state index contributed by atoms with van der Waals surface area (Å²) in [5, 5.41) is 0.580. The van der Waals surface area contributed by atoms with Gasteiger partial charge in [0.2, 0.25) is 0 Å². The van der Waals surface area contributed by atoms with Crippen molar-refractivity contribution in [3.05, 3.63) is 166 Å². The highest BCUT2D eigenvalue weighted by molar-refractivity contribution is 6.31. The van der Waals surface area contributed by atoms with Crippen LogP contribution in [0.15, 0.2) is 127 Å². The normalized spacial score (nSPS) is 20.1. The molecule has 0 saturated carbocycles. The van der Waals surface area contributed by atoms with Crippen LogP contribution in [0.25, 0.3) is 0 Å². The number of halogens is 2. The molecule has 5 aromatic rings. The fraction of sp³-hybridized carbons (Fsp3) is 0.375. The highest BCUT2D eigenvalue weighted by Crippen LogP contribution is 2.42. The Hall–Kier alpha value is -4.28. The Bertz CT molecular complexity index is 1940. The molecule has 0 amide bonds. The molecule has 5 aromatic carbocycles. The van der Waals surface area contributed by atoms with Gasteiger partial charge in [-0.15, -0.1) is 0 Å². The maximum absolute atomic E-state index is 14.8. The van der Waals surface area contributed by atoms with Crippen LogP contribution in [0.5, 0.6) is 11.5 Å². The van der Waals surface area contributed by atoms with Gasteiger partial charge in [-0.1, -0.05) is 115 Å². The van der Waals surface area contributed by atoms with Gasteiger partial charge >= 0.3 is 0 Å². The van der Waals surface area contributed by atoms with Crippen molar-refractivity contribution in [3.63, 3.8) is 0 Å². The third-order valence-electron chi connectivity index (χ3n) is 10.4. The first kappa shape index (κ1) is 40.9. The van der Waals surface area contributed by atoms with Crippen molar-refractivity contribution in [1.29, 1.82) is 0 Å². The zero-order valence-corrected chi connectivity index (χ0v) is 33.3. The van der Waals surface area contributed by atoms with Crippen LogP contribution in [0.3, 0.4) is 0 Å². The van der Waals surface area contributed by atoms with E-state index in [4.69, 9.17) is 44.8 Å². The van der Waals surface area contributed by atoms with Crippen LogP contribution in [0.1, 0.15) is 65.7 Å². The summed E-state index contributed by atoms with van der Waals surface area (Å²) in [6, 6.07) is 42.4. The Morgan fingerprint density at radius 1 is 0.737 bits per heavy atom. The molecule has 2 aliphatic rings. The first-order valence-electron chi connectivity index (χ1n) is 20.0. The molecular weight excluding hydrogens is 743 g/mol. The van der Waals surface area contributed by atoms with Gasteiger partial charge in [0, 0.05) is 17.0 Å². The molecule has 2 saturated heterocycles. The largest absolute Gasteiger partial charge is 0.494 e. The molecule has 57 heavy (non-hydrogen) atoms. The van der Waals surface area contributed by atoms with Gasteiger partial charge in [-0.2, -0.15) is 0 Å². The highest BCUT2D eigenvalue weighted by Gasteiger charge is 2.42. The van der Waals surface area contributed by atoms with Crippen molar-refractivity contribution in [2.24, 2.45) is 0 Å². The van der Waals surface area contributed by atoms with E-state index in [0.717, 1.165) is 39.1 Å². The highest BCUT2D eigenvalue weighted by atomic mass is 35.5. The van der Waals surface area contributed by atoms with E-state index in [-0.39, 0.29) is 25.9 Å². The minimum Gasteiger partial charge on any atom is -0.494 e. The first-order valence-corrected chi connectivity index (χ1v) is 20.3. The van der Waals surface area contributed by atoms with E-state index in [1.54, 1.807) is 0 Å². The van der Waals surface area contributed by atoms with Crippen LogP contribution in [-0.2, 0) is 49.9 Å². The van der Waals surface area contributed by atoms with E-state index in [2.05, 4.69) is 42.5 Å². The number of alkyl halides is 1. The van der Waals surface area contributed by atoms with Crippen molar-refractivity contribution in [3.8, 4) is 11.5 Å². The van der Waals surface area contributed by atoms with Crippen LogP contribution in [0, 0.1) is 0 Å². The molecule has 0 spiro atoms. The quantitative estimate of drug-likeness (QED) is 0.0727. The zero-order valence-electron chi connectivity index (χ0n) is 32.5. The molecule has 7 nitrogen and oxygen atoms in total. The molecule has 0 aromatic heterocycles. The summed E-state index contributed by atoms with van der Waals surface area (Å²) in [6.45, 7) is 4.65. The maximum Gasteiger partial charge on any atom is 0.157 e. The summed E-state index contributed by atoms with van der Waals surface area (Å²) in [5.74, 6) is 1.43. The topological polar surface area (TPSA) is 64.6 Å². The average Bonchev–Trinajstić information content (AvgIpc) is 3.23. The molecule has 2 aliphatic heterocycles. The standard InChI is InChI=1S/C48H52ClFO7/c1-2-53-40-21-19-35(20-22-40)25-39-26-41(43(27-42(39)49)54-24-12-23-48(50)33-52-34-48)44-28-45(55-30-37-15-8-4-9-16-37)47(56-31-38-17-10-5-11-18-38)46(57-44)32-51-29-36-13-6-3-7-14-36/h3-11,13-22,26-27,44-47H,2,12,23-25,28-34H2,1H3/t44?,45?,46?,47-/m0/s1. The second-order valence-corrected chi connectivity index (χ2v) is 15.2. The minimum atomic E-state index is -1.29. The number of hydrogen-bond acceptors (Lipinski definition) is 7. The fourth-order valence-corrected chi connectivity index (χ4v) is 7.53. The summed E-state index contributed by atoms with van der Waals surface area (Å²) in [7, 11) is 0. The molecule has 2 fully saturated rings. The third-order valence-corrected chi connectivity index (χ3v) is 10.8. The van der Waals surface area contributed by atoms with E-state index < -0.39 is 24.0 Å². The van der Waals surface area contributed by atoms with Crippen LogP contribution in [0.4, 0.5) is 4.39 Å². The molecule has 7 rings (SSSR count). The Morgan fingerprint density at radius 3 is 1.98 bits per heavy atom. The number of ether oxygens (including phenoxy) is 7. The predicted molar refractivity (Wildman–Crippen MR) is 220 cm³/mol. The van der Waals surface area contributed by atoms with E-state index in [1.165, 1.54) is 0 Å². The summed E-state index contributed by atoms with van der Waals surface area (Å²) < 4.78 is 59.1. The van der Waals surface area contributed by atoms with Gasteiger partial charge in [-0.3, -0.25) is 0 Å². The molecule has 0 radical (unpaired) electrons. The summed E-state index contributed by atoms with van der Waals surface area (Å²) in [5.41, 5.74) is 4.78. The monoisotopic (exact) mass is 794 g/mol. The van der Waals surface area contributed by atoms with Gasteiger partial charge in [0.15, 0.2) is 5.67 Å². The SMILES string of the molecule is CCOc1ccc(Cc2cc(C3CC(OCc4ccccc4)[C@H](OCc4ccccc4)C(COCc4ccccc4)O3)c(OCCCC3(F)COC3)cc2Cl)cc1. The predicted octanol–water partition coefficient (Wildman–Crippen LogP) is 10.4. The van der Waals surface area contributed by atoms with Crippen molar-refractivity contribution in [2.75, 3.05) is 33.0 Å². The second kappa shape index (κ2) is 20.4. The number of rotatable bonds is 20. The second-order valence-electron chi connectivity index (χ2n) is 14.8. The molecule has 0 N–H and O–H groups in total. The molecule has 0 aliphatic carbocycles. The van der Waals surface area contributed by atoms with Crippen LogP contribution in [0.2, 0.25) is 5.02 Å². The lowest BCUT2D eigenvalue weighted by molar-refractivity contribution is -0.222. The Morgan fingerprint density at radius 2 is 1.37 bits per heavy atom. The van der Waals surface area contributed by atoms with Crippen molar-refractivity contribution >= 4 is 11.6 Å². The van der Waals surface area contributed by atoms with E-state index in [9.17, 15) is 4.39 Å². The first-order chi connectivity index (χ1) is 27.9. The average molecular weight is 795 g/mol. The molecule has 9 heteroatoms. The van der Waals surface area contributed by atoms with Crippen molar-refractivity contribution in [2.45, 2.75) is 82.5 Å². The van der Waals surface area contributed by atoms with Gasteiger partial charge in [0.05, 0.1) is 65.1 Å². The Labute approximate surface area is 340 Å². The van der Waals surface area contributed by atoms with Crippen LogP contribution >= 0.6 is 11.6 Å².